The van der Waals surface area contributed by atoms with Crippen LogP contribution in [0.1, 0.15) is 23.0 Å². The Morgan fingerprint density at radius 3 is 2.85 bits per heavy atom. The van der Waals surface area contributed by atoms with Gasteiger partial charge in [-0.15, -0.1) is 0 Å². The lowest BCUT2D eigenvalue weighted by Crippen LogP contribution is -2.15. The molecular formula is C14H15ClN4O. The second-order valence-corrected chi connectivity index (χ2v) is 4.65. The quantitative estimate of drug-likeness (QED) is 0.908. The Hall–Kier alpha value is -2.14. The number of carbonyl (C=O) groups excluding carboxylic acids is 1. The molecule has 5 nitrogen and oxygen atoms in total. The van der Waals surface area contributed by atoms with Gasteiger partial charge in [-0.05, 0) is 31.5 Å². The molecule has 0 unspecified atom stereocenters. The molecule has 0 saturated carbocycles. The number of hydrogen-bond acceptors (Lipinski definition) is 4. The smallest absolute Gasteiger partial charge is 0.275 e. The summed E-state index contributed by atoms with van der Waals surface area (Å²) in [4.78, 5) is 20.2. The summed E-state index contributed by atoms with van der Waals surface area (Å²) in [5.41, 5.74) is 1.83. The van der Waals surface area contributed by atoms with Crippen molar-refractivity contribution >= 4 is 29.0 Å². The third kappa shape index (κ3) is 3.45. The zero-order valence-corrected chi connectivity index (χ0v) is 12.0. The highest BCUT2D eigenvalue weighted by molar-refractivity contribution is 6.31. The first kappa shape index (κ1) is 14.3. The lowest BCUT2D eigenvalue weighted by molar-refractivity contribution is 0.102. The van der Waals surface area contributed by atoms with E-state index in [1.165, 1.54) is 6.20 Å². The van der Waals surface area contributed by atoms with Gasteiger partial charge in [0.2, 0.25) is 0 Å². The van der Waals surface area contributed by atoms with Gasteiger partial charge in [-0.1, -0.05) is 17.7 Å². The van der Waals surface area contributed by atoms with Crippen molar-refractivity contribution in [3.8, 4) is 0 Å². The largest absolute Gasteiger partial charge is 0.369 e. The molecule has 1 heterocycles. The van der Waals surface area contributed by atoms with Gasteiger partial charge in [0.05, 0.1) is 12.4 Å². The molecule has 2 N–H and O–H groups in total. The Morgan fingerprint density at radius 2 is 2.15 bits per heavy atom. The van der Waals surface area contributed by atoms with Crippen LogP contribution in [0.5, 0.6) is 0 Å². The molecule has 0 fully saturated rings. The fourth-order valence-electron chi connectivity index (χ4n) is 1.61. The fourth-order valence-corrected chi connectivity index (χ4v) is 1.79. The van der Waals surface area contributed by atoms with E-state index in [9.17, 15) is 4.79 Å². The van der Waals surface area contributed by atoms with Crippen LogP contribution in [0.2, 0.25) is 5.02 Å². The normalized spacial score (nSPS) is 10.2. The highest BCUT2D eigenvalue weighted by Gasteiger charge is 2.09. The van der Waals surface area contributed by atoms with E-state index in [0.29, 0.717) is 23.1 Å². The van der Waals surface area contributed by atoms with Crippen LogP contribution in [-0.2, 0) is 0 Å². The summed E-state index contributed by atoms with van der Waals surface area (Å²) >= 11 is 6.02. The minimum absolute atomic E-state index is 0.250. The summed E-state index contributed by atoms with van der Waals surface area (Å²) in [7, 11) is 0. The molecule has 0 bridgehead atoms. The van der Waals surface area contributed by atoms with Crippen molar-refractivity contribution < 1.29 is 4.79 Å². The van der Waals surface area contributed by atoms with E-state index in [0.717, 1.165) is 5.56 Å². The molecule has 2 rings (SSSR count). The van der Waals surface area contributed by atoms with Crippen LogP contribution in [-0.4, -0.2) is 22.4 Å². The van der Waals surface area contributed by atoms with Crippen molar-refractivity contribution in [1.82, 2.24) is 9.97 Å². The molecule has 0 saturated heterocycles. The van der Waals surface area contributed by atoms with Crippen molar-refractivity contribution in [2.45, 2.75) is 13.8 Å². The molecule has 1 aromatic heterocycles. The molecule has 20 heavy (non-hydrogen) atoms. The van der Waals surface area contributed by atoms with Crippen molar-refractivity contribution in [1.29, 1.82) is 0 Å². The zero-order chi connectivity index (χ0) is 14.5. The third-order valence-corrected chi connectivity index (χ3v) is 3.06. The van der Waals surface area contributed by atoms with Crippen LogP contribution >= 0.6 is 11.6 Å². The number of halogens is 1. The molecular weight excluding hydrogens is 276 g/mol. The second-order valence-electron chi connectivity index (χ2n) is 4.24. The van der Waals surface area contributed by atoms with E-state index in [2.05, 4.69) is 20.6 Å². The average molecular weight is 291 g/mol. The Kier molecular flexibility index (Phi) is 4.53. The van der Waals surface area contributed by atoms with Gasteiger partial charge in [0, 0.05) is 17.3 Å². The molecule has 0 aliphatic carbocycles. The van der Waals surface area contributed by atoms with Gasteiger partial charge in [0.15, 0.2) is 0 Å². The molecule has 1 amide bonds. The minimum atomic E-state index is -0.322. The Labute approximate surface area is 122 Å². The van der Waals surface area contributed by atoms with Gasteiger partial charge in [-0.2, -0.15) is 0 Å². The second kappa shape index (κ2) is 6.34. The molecule has 0 aliphatic rings. The first-order valence-electron chi connectivity index (χ1n) is 6.23. The Bertz CT molecular complexity index is 630. The number of amides is 1. The van der Waals surface area contributed by atoms with E-state index in [1.54, 1.807) is 18.3 Å². The van der Waals surface area contributed by atoms with E-state index in [1.807, 2.05) is 19.9 Å². The molecule has 0 aliphatic heterocycles. The van der Waals surface area contributed by atoms with Crippen molar-refractivity contribution in [3.63, 3.8) is 0 Å². The lowest BCUT2D eigenvalue weighted by atomic mass is 10.2. The number of benzene rings is 1. The van der Waals surface area contributed by atoms with Crippen LogP contribution in [0.15, 0.2) is 30.6 Å². The number of hydrogen-bond donors (Lipinski definition) is 2. The van der Waals surface area contributed by atoms with Crippen LogP contribution < -0.4 is 10.6 Å². The number of aryl methyl sites for hydroxylation is 1. The van der Waals surface area contributed by atoms with Gasteiger partial charge in [-0.3, -0.25) is 9.78 Å². The predicted molar refractivity (Wildman–Crippen MR) is 80.3 cm³/mol. The summed E-state index contributed by atoms with van der Waals surface area (Å²) in [5, 5.41) is 6.36. The lowest BCUT2D eigenvalue weighted by Gasteiger charge is -2.07. The van der Waals surface area contributed by atoms with Crippen LogP contribution in [0, 0.1) is 6.92 Å². The molecule has 1 aromatic carbocycles. The average Bonchev–Trinajstić information content (AvgIpc) is 2.43. The van der Waals surface area contributed by atoms with Gasteiger partial charge >= 0.3 is 0 Å². The number of nitrogens with one attached hydrogen (secondary N) is 2. The highest BCUT2D eigenvalue weighted by atomic mass is 35.5. The molecule has 0 radical (unpaired) electrons. The maximum atomic E-state index is 12.1. The summed E-state index contributed by atoms with van der Waals surface area (Å²) in [6.45, 7) is 4.56. The number of carbonyl (C=O) groups is 1. The van der Waals surface area contributed by atoms with Gasteiger partial charge in [-0.25, -0.2) is 4.98 Å². The molecule has 0 spiro atoms. The molecule has 6 heteroatoms. The minimum Gasteiger partial charge on any atom is -0.369 e. The van der Waals surface area contributed by atoms with Crippen LogP contribution in [0.3, 0.4) is 0 Å². The highest BCUT2D eigenvalue weighted by Crippen LogP contribution is 2.20. The molecule has 2 aromatic rings. The Balaban J connectivity index is 2.15. The number of aromatic nitrogens is 2. The first-order chi connectivity index (χ1) is 9.60. The van der Waals surface area contributed by atoms with E-state index in [-0.39, 0.29) is 11.6 Å². The van der Waals surface area contributed by atoms with Gasteiger partial charge in [0.1, 0.15) is 11.5 Å². The Morgan fingerprint density at radius 1 is 1.35 bits per heavy atom. The summed E-state index contributed by atoms with van der Waals surface area (Å²) < 4.78 is 0. The number of anilines is 2. The maximum absolute atomic E-state index is 12.1. The van der Waals surface area contributed by atoms with E-state index >= 15 is 0 Å². The van der Waals surface area contributed by atoms with Crippen molar-refractivity contribution in [2.75, 3.05) is 17.2 Å². The standard InChI is InChI=1S/C14H15ClN4O/c1-3-17-13-8-16-7-12(19-13)14(20)18-10-5-4-9(2)11(15)6-10/h4-8H,3H2,1-2H3,(H,17,19)(H,18,20). The van der Waals surface area contributed by atoms with Crippen LogP contribution in [0.4, 0.5) is 11.5 Å². The monoisotopic (exact) mass is 290 g/mol. The van der Waals surface area contributed by atoms with Crippen molar-refractivity contribution in [3.05, 3.63) is 46.9 Å². The number of nitrogens with zero attached hydrogens (tertiary/aromatic N) is 2. The van der Waals surface area contributed by atoms with Gasteiger partial charge < -0.3 is 10.6 Å². The third-order valence-electron chi connectivity index (χ3n) is 2.65. The summed E-state index contributed by atoms with van der Waals surface area (Å²) in [6.07, 6.45) is 3.00. The van der Waals surface area contributed by atoms with Crippen molar-refractivity contribution in [2.24, 2.45) is 0 Å². The van der Waals surface area contributed by atoms with Gasteiger partial charge in [0.25, 0.3) is 5.91 Å². The predicted octanol–water partition coefficient (Wildman–Crippen LogP) is 3.12. The zero-order valence-electron chi connectivity index (χ0n) is 11.3. The SMILES string of the molecule is CCNc1cncc(C(=O)Nc2ccc(C)c(Cl)c2)n1. The summed E-state index contributed by atoms with van der Waals surface area (Å²) in [6, 6.07) is 5.34. The molecule has 104 valence electrons. The van der Waals surface area contributed by atoms with E-state index in [4.69, 9.17) is 11.6 Å². The summed E-state index contributed by atoms with van der Waals surface area (Å²) in [5.74, 6) is 0.249. The topological polar surface area (TPSA) is 66.9 Å². The fraction of sp³-hybridized carbons (Fsp3) is 0.214. The maximum Gasteiger partial charge on any atom is 0.275 e. The van der Waals surface area contributed by atoms with Crippen LogP contribution in [0.25, 0.3) is 0 Å². The van der Waals surface area contributed by atoms with E-state index < -0.39 is 0 Å². The first-order valence-corrected chi connectivity index (χ1v) is 6.61. The number of rotatable bonds is 4. The molecule has 0 atom stereocenters.